The van der Waals surface area contributed by atoms with E-state index in [1.165, 1.54) is 16.9 Å². The van der Waals surface area contributed by atoms with Gasteiger partial charge in [-0.1, -0.05) is 17.7 Å². The second kappa shape index (κ2) is 11.9. The Morgan fingerprint density at radius 3 is 2.77 bits per heavy atom. The van der Waals surface area contributed by atoms with E-state index in [4.69, 9.17) is 21.1 Å². The molecule has 0 spiro atoms. The fourth-order valence-electron chi connectivity index (χ4n) is 5.46. The molecule has 216 valence electrons. The van der Waals surface area contributed by atoms with Crippen LogP contribution in [-0.2, 0) is 22.4 Å². The van der Waals surface area contributed by atoms with Gasteiger partial charge in [0.25, 0.3) is 12.0 Å². The molecule has 1 aromatic carbocycles. The van der Waals surface area contributed by atoms with Crippen LogP contribution in [0.4, 0.5) is 18.9 Å². The van der Waals surface area contributed by atoms with Gasteiger partial charge in [-0.25, -0.2) is 13.2 Å². The van der Waals surface area contributed by atoms with Crippen LogP contribution in [0.1, 0.15) is 86.2 Å². The number of fused-ring (bicyclic) bond motifs is 1. The van der Waals surface area contributed by atoms with Gasteiger partial charge in [0.15, 0.2) is 6.23 Å². The molecule has 0 amide bonds. The standard InChI is InChI=1S/C27H31ClF3N5O4/c1-3-39-27(38)24-19-14-34(21-13-32-36(26(37)23(21)28)22-6-4-5-11-40-22)10-9-20(19)35(33-24)15(2)17-8-7-16(29)12-18(17)25(30)31/h7-8,12-13,15,22,25,27,38H,3-6,9-11,14H2,1-2H3. The molecule has 1 saturated heterocycles. The van der Waals surface area contributed by atoms with Gasteiger partial charge < -0.3 is 19.5 Å². The first-order valence-electron chi connectivity index (χ1n) is 13.3. The number of rotatable bonds is 8. The molecule has 1 N–H and O–H groups in total. The second-order valence-electron chi connectivity index (χ2n) is 9.90. The number of ether oxygens (including phenoxy) is 2. The van der Waals surface area contributed by atoms with Gasteiger partial charge >= 0.3 is 0 Å². The zero-order valence-electron chi connectivity index (χ0n) is 22.2. The Balaban J connectivity index is 1.51. The summed E-state index contributed by atoms with van der Waals surface area (Å²) in [7, 11) is 0. The van der Waals surface area contributed by atoms with Crippen LogP contribution in [0, 0.1) is 5.82 Å². The zero-order chi connectivity index (χ0) is 28.6. The molecule has 40 heavy (non-hydrogen) atoms. The lowest BCUT2D eigenvalue weighted by molar-refractivity contribution is -0.101. The predicted molar refractivity (Wildman–Crippen MR) is 141 cm³/mol. The predicted octanol–water partition coefficient (Wildman–Crippen LogP) is 5.07. The van der Waals surface area contributed by atoms with Crippen LogP contribution in [0.5, 0.6) is 0 Å². The molecule has 4 heterocycles. The summed E-state index contributed by atoms with van der Waals surface area (Å²) < 4.78 is 55.3. The lowest BCUT2D eigenvalue weighted by Crippen LogP contribution is -2.36. The highest BCUT2D eigenvalue weighted by Crippen LogP contribution is 2.36. The monoisotopic (exact) mass is 581 g/mol. The SMILES string of the molecule is CCOC(O)c1nn(C(C)c2ccc(F)cc2C(F)F)c2c1CN(c1cnn(C3CCCCO3)c(=O)c1Cl)CC2. The Morgan fingerprint density at radius 1 is 1.27 bits per heavy atom. The highest BCUT2D eigenvalue weighted by atomic mass is 35.5. The summed E-state index contributed by atoms with van der Waals surface area (Å²) >= 11 is 6.56. The molecule has 0 bridgehead atoms. The Hall–Kier alpha value is -2.93. The van der Waals surface area contributed by atoms with Gasteiger partial charge in [0.05, 0.1) is 17.9 Å². The van der Waals surface area contributed by atoms with E-state index in [2.05, 4.69) is 10.2 Å². The molecule has 13 heteroatoms. The number of anilines is 1. The molecule has 2 aromatic heterocycles. The van der Waals surface area contributed by atoms with Crippen molar-refractivity contribution >= 4 is 17.3 Å². The highest BCUT2D eigenvalue weighted by molar-refractivity contribution is 6.33. The normalized spacial score (nSPS) is 19.1. The van der Waals surface area contributed by atoms with Gasteiger partial charge in [-0.2, -0.15) is 14.9 Å². The summed E-state index contributed by atoms with van der Waals surface area (Å²) in [5.74, 6) is -0.751. The molecule has 0 aliphatic carbocycles. The lowest BCUT2D eigenvalue weighted by atomic mass is 9.99. The average Bonchev–Trinajstić information content (AvgIpc) is 3.33. The molecule has 2 aliphatic rings. The average molecular weight is 582 g/mol. The van der Waals surface area contributed by atoms with Crippen molar-refractivity contribution in [3.63, 3.8) is 0 Å². The van der Waals surface area contributed by atoms with E-state index >= 15 is 0 Å². The van der Waals surface area contributed by atoms with E-state index in [9.17, 15) is 23.1 Å². The summed E-state index contributed by atoms with van der Waals surface area (Å²) in [6.07, 6.45) is -0.227. The molecule has 2 aliphatic heterocycles. The maximum atomic E-state index is 13.8. The minimum absolute atomic E-state index is 0.00757. The van der Waals surface area contributed by atoms with Crippen LogP contribution in [0.3, 0.4) is 0 Å². The molecule has 0 saturated carbocycles. The van der Waals surface area contributed by atoms with Crippen molar-refractivity contribution in [3.05, 3.63) is 73.7 Å². The molecule has 0 radical (unpaired) electrons. The molecule has 3 unspecified atom stereocenters. The topological polar surface area (TPSA) is 94.6 Å². The summed E-state index contributed by atoms with van der Waals surface area (Å²) in [5.41, 5.74) is 1.38. The third-order valence-electron chi connectivity index (χ3n) is 7.47. The molecular weight excluding hydrogens is 551 g/mol. The van der Waals surface area contributed by atoms with Crippen molar-refractivity contribution in [1.82, 2.24) is 19.6 Å². The van der Waals surface area contributed by atoms with E-state index in [0.717, 1.165) is 30.7 Å². The molecule has 1 fully saturated rings. The maximum Gasteiger partial charge on any atom is 0.290 e. The van der Waals surface area contributed by atoms with Crippen LogP contribution >= 0.6 is 11.6 Å². The number of halogens is 4. The van der Waals surface area contributed by atoms with Crippen molar-refractivity contribution in [2.24, 2.45) is 0 Å². The van der Waals surface area contributed by atoms with E-state index in [0.29, 0.717) is 37.2 Å². The van der Waals surface area contributed by atoms with E-state index in [1.807, 2.05) is 4.90 Å². The number of hydrogen-bond donors (Lipinski definition) is 1. The molecule has 3 atom stereocenters. The largest absolute Gasteiger partial charge is 0.364 e. The first kappa shape index (κ1) is 28.6. The number of nitrogens with zero attached hydrogens (tertiary/aromatic N) is 5. The molecule has 5 rings (SSSR count). The van der Waals surface area contributed by atoms with Crippen molar-refractivity contribution in [1.29, 1.82) is 0 Å². The quantitative estimate of drug-likeness (QED) is 0.371. The molecule has 3 aromatic rings. The van der Waals surface area contributed by atoms with Crippen LogP contribution in [0.15, 0.2) is 29.2 Å². The van der Waals surface area contributed by atoms with Crippen LogP contribution in [-0.4, -0.2) is 44.4 Å². The van der Waals surface area contributed by atoms with Crippen molar-refractivity contribution in [2.75, 3.05) is 24.7 Å². The summed E-state index contributed by atoms with van der Waals surface area (Å²) in [5, 5.41) is 19.7. The highest BCUT2D eigenvalue weighted by Gasteiger charge is 2.33. The van der Waals surface area contributed by atoms with E-state index in [-0.39, 0.29) is 29.4 Å². The first-order valence-corrected chi connectivity index (χ1v) is 13.7. The van der Waals surface area contributed by atoms with Crippen LogP contribution < -0.4 is 10.5 Å². The van der Waals surface area contributed by atoms with Gasteiger partial charge in [0.1, 0.15) is 16.5 Å². The van der Waals surface area contributed by atoms with E-state index in [1.54, 1.807) is 18.5 Å². The van der Waals surface area contributed by atoms with Crippen molar-refractivity contribution < 1.29 is 27.8 Å². The van der Waals surface area contributed by atoms with Gasteiger partial charge in [-0.15, -0.1) is 0 Å². The third kappa shape index (κ3) is 5.37. The van der Waals surface area contributed by atoms with Gasteiger partial charge in [-0.05, 0) is 50.8 Å². The Bertz CT molecular complexity index is 1430. The Labute approximate surface area is 234 Å². The van der Waals surface area contributed by atoms with Crippen molar-refractivity contribution in [2.45, 2.75) is 71.1 Å². The summed E-state index contributed by atoms with van der Waals surface area (Å²) in [6.45, 7) is 4.84. The fourth-order valence-corrected chi connectivity index (χ4v) is 5.71. The van der Waals surface area contributed by atoms with Gasteiger partial charge in [-0.3, -0.25) is 9.48 Å². The second-order valence-corrected chi connectivity index (χ2v) is 10.3. The maximum absolute atomic E-state index is 13.8. The van der Waals surface area contributed by atoms with Gasteiger partial charge in [0.2, 0.25) is 6.29 Å². The Morgan fingerprint density at radius 2 is 2.08 bits per heavy atom. The van der Waals surface area contributed by atoms with E-state index < -0.39 is 41.9 Å². The number of aliphatic hydroxyl groups is 1. The zero-order valence-corrected chi connectivity index (χ0v) is 23.0. The third-order valence-corrected chi connectivity index (χ3v) is 7.83. The Kier molecular flexibility index (Phi) is 8.50. The lowest BCUT2D eigenvalue weighted by Gasteiger charge is -2.31. The minimum atomic E-state index is -2.88. The number of aromatic nitrogens is 4. The number of aliphatic hydroxyl groups excluding tert-OH is 1. The number of hydrogen-bond acceptors (Lipinski definition) is 7. The summed E-state index contributed by atoms with van der Waals surface area (Å²) in [6, 6.07) is 2.62. The smallest absolute Gasteiger partial charge is 0.290 e. The van der Waals surface area contributed by atoms with Crippen LogP contribution in [0.25, 0.3) is 0 Å². The fraction of sp³-hybridized carbons (Fsp3) is 0.519. The van der Waals surface area contributed by atoms with Crippen LogP contribution in [0.2, 0.25) is 5.02 Å². The van der Waals surface area contributed by atoms with Crippen molar-refractivity contribution in [3.8, 4) is 0 Å². The first-order chi connectivity index (χ1) is 19.2. The number of alkyl halides is 2. The number of benzene rings is 1. The molecule has 9 nitrogen and oxygen atoms in total. The minimum Gasteiger partial charge on any atom is -0.364 e. The van der Waals surface area contributed by atoms with Gasteiger partial charge in [0, 0.05) is 49.5 Å². The molecular formula is C27H31ClF3N5O4. The summed E-state index contributed by atoms with van der Waals surface area (Å²) in [4.78, 5) is 15.0.